The monoisotopic (exact) mass is 534 g/mol. The number of phenolic OH excluding ortho intramolecular Hbond substituents is 1. The number of azo groups is 1. The number of carbonyl (C=O) groups is 2. The molecule has 0 aromatic heterocycles. The maximum absolute atomic E-state index is 13.2. The van der Waals surface area contributed by atoms with Gasteiger partial charge in [0.25, 0.3) is 16.0 Å². The van der Waals surface area contributed by atoms with Gasteiger partial charge in [-0.1, -0.05) is 36.4 Å². The summed E-state index contributed by atoms with van der Waals surface area (Å²) in [6, 6.07) is 18.5. The number of amides is 2. The van der Waals surface area contributed by atoms with E-state index >= 15 is 0 Å². The van der Waals surface area contributed by atoms with Gasteiger partial charge in [0.2, 0.25) is 5.91 Å². The average molecular weight is 535 g/mol. The van der Waals surface area contributed by atoms with Crippen LogP contribution in [0.2, 0.25) is 0 Å². The Morgan fingerprint density at radius 2 is 1.63 bits per heavy atom. The summed E-state index contributed by atoms with van der Waals surface area (Å²) >= 11 is 0. The summed E-state index contributed by atoms with van der Waals surface area (Å²) in [4.78, 5) is 24.0. The number of nitrogens with zero attached hydrogens (tertiary/aromatic N) is 2. The van der Waals surface area contributed by atoms with Crippen LogP contribution < -0.4 is 15.4 Å². The van der Waals surface area contributed by atoms with Gasteiger partial charge in [0.1, 0.15) is 22.0 Å². The Morgan fingerprint density at radius 3 is 2.34 bits per heavy atom. The van der Waals surface area contributed by atoms with E-state index in [9.17, 15) is 27.7 Å². The van der Waals surface area contributed by atoms with E-state index in [0.717, 1.165) is 6.07 Å². The van der Waals surface area contributed by atoms with E-state index in [0.29, 0.717) is 22.2 Å². The molecule has 0 aliphatic rings. The highest BCUT2D eigenvalue weighted by Crippen LogP contribution is 2.40. The number of aromatic hydroxyl groups is 1. The van der Waals surface area contributed by atoms with Crippen LogP contribution in [0.1, 0.15) is 17.3 Å². The van der Waals surface area contributed by atoms with Gasteiger partial charge >= 0.3 is 0 Å². The first kappa shape index (κ1) is 26.3. The third-order valence-electron chi connectivity index (χ3n) is 5.41. The topological polar surface area (TPSA) is 167 Å². The Kier molecular flexibility index (Phi) is 7.37. The van der Waals surface area contributed by atoms with Crippen LogP contribution >= 0.6 is 0 Å². The molecule has 0 saturated carbocycles. The molecule has 0 aliphatic heterocycles. The number of hydrogen-bond donors (Lipinski definition) is 4. The smallest absolute Gasteiger partial charge is 0.296 e. The molecule has 2 amide bonds. The number of benzene rings is 4. The molecule has 0 unspecified atom stereocenters. The number of rotatable bonds is 7. The molecule has 11 nitrogen and oxygen atoms in total. The molecule has 0 fully saturated rings. The quantitative estimate of drug-likeness (QED) is 0.181. The van der Waals surface area contributed by atoms with Gasteiger partial charge in [0.05, 0.1) is 18.4 Å². The van der Waals surface area contributed by atoms with Crippen molar-refractivity contribution in [1.29, 1.82) is 0 Å². The molecule has 4 N–H and O–H groups in total. The minimum Gasteiger partial charge on any atom is -0.505 e. The first-order valence-corrected chi connectivity index (χ1v) is 12.5. The molecule has 4 rings (SSSR count). The van der Waals surface area contributed by atoms with Crippen molar-refractivity contribution in [2.45, 2.75) is 11.8 Å². The van der Waals surface area contributed by atoms with Gasteiger partial charge in [-0.3, -0.25) is 14.1 Å². The number of nitrogens with one attached hydrogen (secondary N) is 2. The van der Waals surface area contributed by atoms with Crippen LogP contribution in [-0.4, -0.2) is 37.0 Å². The van der Waals surface area contributed by atoms with Crippen LogP contribution in [0.15, 0.2) is 87.9 Å². The van der Waals surface area contributed by atoms with Crippen LogP contribution in [0, 0.1) is 0 Å². The number of fused-ring (bicyclic) bond motifs is 1. The van der Waals surface area contributed by atoms with E-state index in [1.165, 1.54) is 32.2 Å². The lowest BCUT2D eigenvalue weighted by molar-refractivity contribution is -0.114. The second-order valence-electron chi connectivity index (χ2n) is 8.04. The van der Waals surface area contributed by atoms with Gasteiger partial charge in [0.15, 0.2) is 5.75 Å². The Hall–Kier alpha value is -4.81. The van der Waals surface area contributed by atoms with Crippen LogP contribution in [0.5, 0.6) is 11.5 Å². The molecule has 0 heterocycles. The zero-order valence-electron chi connectivity index (χ0n) is 20.2. The van der Waals surface area contributed by atoms with Gasteiger partial charge in [-0.25, -0.2) is 0 Å². The van der Waals surface area contributed by atoms with Gasteiger partial charge in [-0.2, -0.15) is 8.42 Å². The van der Waals surface area contributed by atoms with Crippen molar-refractivity contribution in [3.8, 4) is 11.5 Å². The Morgan fingerprint density at radius 1 is 0.921 bits per heavy atom. The predicted octanol–water partition coefficient (Wildman–Crippen LogP) is 5.43. The summed E-state index contributed by atoms with van der Waals surface area (Å²) in [7, 11) is -3.25. The first-order valence-electron chi connectivity index (χ1n) is 11.1. The van der Waals surface area contributed by atoms with E-state index in [4.69, 9.17) is 4.74 Å². The normalized spacial score (nSPS) is 11.4. The Labute approximate surface area is 217 Å². The SMILES string of the molecule is COc1ccccc1NC(=O)c1cc2ccccc2c(N=Nc2cc(NC(C)=O)ccc2S(=O)(=O)O)c1O. The fraction of sp³-hybridized carbons (Fsp3) is 0.0769. The minimum absolute atomic E-state index is 0.112. The van der Waals surface area contributed by atoms with E-state index in [-0.39, 0.29) is 22.6 Å². The summed E-state index contributed by atoms with van der Waals surface area (Å²) in [6.07, 6.45) is 0. The van der Waals surface area contributed by atoms with Gasteiger partial charge in [0, 0.05) is 18.0 Å². The molecule has 0 spiro atoms. The lowest BCUT2D eigenvalue weighted by Crippen LogP contribution is -2.13. The lowest BCUT2D eigenvalue weighted by atomic mass is 10.0. The largest absolute Gasteiger partial charge is 0.505 e. The second kappa shape index (κ2) is 10.7. The fourth-order valence-electron chi connectivity index (χ4n) is 3.73. The van der Waals surface area contributed by atoms with E-state index in [1.54, 1.807) is 48.5 Å². The van der Waals surface area contributed by atoms with Crippen LogP contribution in [0.3, 0.4) is 0 Å². The molecule has 38 heavy (non-hydrogen) atoms. The summed E-state index contributed by atoms with van der Waals surface area (Å²) in [5.41, 5.74) is 0.0531. The molecule has 4 aromatic rings. The molecule has 0 radical (unpaired) electrons. The number of phenols is 1. The highest BCUT2D eigenvalue weighted by atomic mass is 32.2. The zero-order chi connectivity index (χ0) is 27.4. The first-order chi connectivity index (χ1) is 18.1. The number of carbonyl (C=O) groups excluding carboxylic acids is 2. The number of hydrogen-bond acceptors (Lipinski definition) is 8. The third-order valence-corrected chi connectivity index (χ3v) is 6.31. The zero-order valence-corrected chi connectivity index (χ0v) is 21.0. The average Bonchev–Trinajstić information content (AvgIpc) is 2.87. The van der Waals surface area contributed by atoms with Gasteiger partial charge in [-0.15, -0.1) is 10.2 Å². The van der Waals surface area contributed by atoms with Crippen molar-refractivity contribution in [3.05, 3.63) is 78.4 Å². The molecule has 0 aliphatic carbocycles. The van der Waals surface area contributed by atoms with Gasteiger partial charge < -0.3 is 20.5 Å². The van der Waals surface area contributed by atoms with Crippen molar-refractivity contribution >= 4 is 55.5 Å². The highest BCUT2D eigenvalue weighted by molar-refractivity contribution is 7.86. The third kappa shape index (κ3) is 5.61. The van der Waals surface area contributed by atoms with Crippen LogP contribution in [0.25, 0.3) is 10.8 Å². The summed E-state index contributed by atoms with van der Waals surface area (Å²) in [6.45, 7) is 1.27. The molecule has 4 aromatic carbocycles. The highest BCUT2D eigenvalue weighted by Gasteiger charge is 2.21. The molecular weight excluding hydrogens is 512 g/mol. The molecular formula is C26H22N4O7S. The van der Waals surface area contributed by atoms with Crippen LogP contribution in [-0.2, 0) is 14.9 Å². The summed E-state index contributed by atoms with van der Waals surface area (Å²) in [5, 5.41) is 25.2. The standard InChI is InChI=1S/C26H22N4O7S/c1-15(31)27-17-11-12-23(38(34,35)36)21(14-17)29-30-24-18-8-4-3-7-16(18)13-19(25(24)32)26(33)28-20-9-5-6-10-22(20)37-2/h3-14,32H,1-2H3,(H,27,31)(H,28,33)(H,34,35,36). The maximum atomic E-state index is 13.2. The van der Waals surface area contributed by atoms with E-state index in [1.807, 2.05) is 0 Å². The van der Waals surface area contributed by atoms with Crippen molar-refractivity contribution in [2.75, 3.05) is 17.7 Å². The predicted molar refractivity (Wildman–Crippen MR) is 141 cm³/mol. The molecule has 12 heteroatoms. The van der Waals surface area contributed by atoms with Crippen molar-refractivity contribution in [2.24, 2.45) is 10.2 Å². The van der Waals surface area contributed by atoms with Gasteiger partial charge in [-0.05, 0) is 41.8 Å². The van der Waals surface area contributed by atoms with Crippen molar-refractivity contribution < 1.29 is 32.4 Å². The van der Waals surface area contributed by atoms with E-state index < -0.39 is 32.6 Å². The Bertz CT molecular complexity index is 1700. The Balaban J connectivity index is 1.83. The van der Waals surface area contributed by atoms with Crippen molar-refractivity contribution in [3.63, 3.8) is 0 Å². The second-order valence-corrected chi connectivity index (χ2v) is 9.43. The number of ether oxygens (including phenoxy) is 1. The van der Waals surface area contributed by atoms with Crippen LogP contribution in [0.4, 0.5) is 22.7 Å². The summed E-state index contributed by atoms with van der Waals surface area (Å²) in [5.74, 6) is -1.16. The number of anilines is 2. The molecule has 194 valence electrons. The minimum atomic E-state index is -4.70. The summed E-state index contributed by atoms with van der Waals surface area (Å²) < 4.78 is 38.7. The molecule has 0 saturated heterocycles. The fourth-order valence-corrected chi connectivity index (χ4v) is 4.33. The lowest BCUT2D eigenvalue weighted by Gasteiger charge is -2.13. The maximum Gasteiger partial charge on any atom is 0.296 e. The number of para-hydroxylation sites is 2. The number of methoxy groups -OCH3 is 1. The molecule has 0 bridgehead atoms. The molecule has 0 atom stereocenters. The van der Waals surface area contributed by atoms with E-state index in [2.05, 4.69) is 20.9 Å². The van der Waals surface area contributed by atoms with Crippen molar-refractivity contribution in [1.82, 2.24) is 0 Å².